The number of benzene rings is 1. The first-order valence-corrected chi connectivity index (χ1v) is 6.81. The molecule has 0 aliphatic rings. The van der Waals surface area contributed by atoms with Crippen LogP contribution in [0.3, 0.4) is 0 Å². The second-order valence-electron chi connectivity index (χ2n) is 4.20. The maximum absolute atomic E-state index is 12.4. The Labute approximate surface area is 128 Å². The molecule has 20 heavy (non-hydrogen) atoms. The van der Waals surface area contributed by atoms with E-state index in [0.29, 0.717) is 5.56 Å². The molecule has 0 radical (unpaired) electrons. The molecule has 0 aliphatic carbocycles. The van der Waals surface area contributed by atoms with E-state index in [9.17, 15) is 9.59 Å². The van der Waals surface area contributed by atoms with Crippen LogP contribution in [-0.4, -0.2) is 39.8 Å². The summed E-state index contributed by atoms with van der Waals surface area (Å²) < 4.78 is 1.74. The van der Waals surface area contributed by atoms with Crippen molar-refractivity contribution >= 4 is 34.2 Å². The molecule has 1 aromatic heterocycles. The number of carbonyl (C=O) groups excluding carboxylic acids is 1. The number of rotatable bonds is 1. The standard InChI is InChI=1S/C12H11BrN4O2S/c1-16(2)12(19)17-10(18)9(14-15-11(17)20)7-3-5-8(13)6-4-7/h3-6H,1-2H3,(H,15,20). The van der Waals surface area contributed by atoms with Crippen LogP contribution < -0.4 is 5.56 Å². The fourth-order valence-corrected chi connectivity index (χ4v) is 2.04. The molecule has 0 fully saturated rings. The largest absolute Gasteiger partial charge is 0.333 e. The van der Waals surface area contributed by atoms with Crippen molar-refractivity contribution in [2.75, 3.05) is 14.1 Å². The van der Waals surface area contributed by atoms with Gasteiger partial charge < -0.3 is 4.90 Å². The van der Waals surface area contributed by atoms with Crippen LogP contribution in [0.5, 0.6) is 0 Å². The molecule has 2 aromatic rings. The van der Waals surface area contributed by atoms with Gasteiger partial charge in [0.15, 0.2) is 5.69 Å². The first-order valence-electron chi connectivity index (χ1n) is 5.61. The van der Waals surface area contributed by atoms with Gasteiger partial charge in [0.2, 0.25) is 4.77 Å². The summed E-state index contributed by atoms with van der Waals surface area (Å²) >= 11 is 8.27. The van der Waals surface area contributed by atoms with Crippen LogP contribution in [0, 0.1) is 4.77 Å². The number of amides is 1. The first kappa shape index (κ1) is 14.6. The molecule has 0 unspecified atom stereocenters. The fourth-order valence-electron chi connectivity index (χ4n) is 1.57. The summed E-state index contributed by atoms with van der Waals surface area (Å²) in [6.07, 6.45) is 0. The van der Waals surface area contributed by atoms with Gasteiger partial charge >= 0.3 is 6.03 Å². The van der Waals surface area contributed by atoms with Gasteiger partial charge in [0.25, 0.3) is 5.56 Å². The Balaban J connectivity index is 2.66. The van der Waals surface area contributed by atoms with Crippen LogP contribution in [0.15, 0.2) is 33.5 Å². The summed E-state index contributed by atoms with van der Waals surface area (Å²) in [4.78, 5) is 25.6. The van der Waals surface area contributed by atoms with Gasteiger partial charge in [-0.1, -0.05) is 28.1 Å². The molecule has 1 heterocycles. The van der Waals surface area contributed by atoms with Crippen LogP contribution in [0.4, 0.5) is 4.79 Å². The van der Waals surface area contributed by atoms with Crippen LogP contribution in [0.25, 0.3) is 11.3 Å². The third-order valence-electron chi connectivity index (χ3n) is 2.56. The normalized spacial score (nSPS) is 10.3. The highest BCUT2D eigenvalue weighted by molar-refractivity contribution is 9.10. The Morgan fingerprint density at radius 1 is 1.35 bits per heavy atom. The molecular formula is C12H11BrN4O2S. The topological polar surface area (TPSA) is 71.0 Å². The van der Waals surface area contributed by atoms with E-state index in [2.05, 4.69) is 26.1 Å². The lowest BCUT2D eigenvalue weighted by Crippen LogP contribution is -2.37. The fraction of sp³-hybridized carbons (Fsp3) is 0.167. The summed E-state index contributed by atoms with van der Waals surface area (Å²) in [5.74, 6) is 0. The molecule has 0 saturated heterocycles. The Morgan fingerprint density at radius 2 is 1.95 bits per heavy atom. The smallest absolute Gasteiger partial charge is 0.330 e. The van der Waals surface area contributed by atoms with Gasteiger partial charge in [-0.25, -0.2) is 4.79 Å². The van der Waals surface area contributed by atoms with Crippen LogP contribution >= 0.6 is 28.1 Å². The van der Waals surface area contributed by atoms with Crippen LogP contribution in [-0.2, 0) is 0 Å². The number of carbonyl (C=O) groups is 1. The lowest BCUT2D eigenvalue weighted by atomic mass is 10.2. The number of hydrogen-bond donors (Lipinski definition) is 1. The molecule has 104 valence electrons. The molecule has 0 atom stereocenters. The average molecular weight is 355 g/mol. The SMILES string of the molecule is CN(C)C(=O)n1c(=S)[nH]nc(-c2ccc(Br)cc2)c1=O. The predicted octanol–water partition coefficient (Wildman–Crippen LogP) is 2.26. The van der Waals surface area contributed by atoms with Crippen molar-refractivity contribution in [1.29, 1.82) is 0 Å². The van der Waals surface area contributed by atoms with Gasteiger partial charge in [-0.15, -0.1) is 0 Å². The summed E-state index contributed by atoms with van der Waals surface area (Å²) in [5.41, 5.74) is 0.195. The van der Waals surface area contributed by atoms with Crippen molar-refractivity contribution in [3.8, 4) is 11.3 Å². The zero-order valence-electron chi connectivity index (χ0n) is 10.8. The Bertz CT molecular complexity index is 764. The van der Waals surface area contributed by atoms with E-state index in [1.165, 1.54) is 4.90 Å². The molecule has 0 bridgehead atoms. The first-order chi connectivity index (χ1) is 9.41. The molecule has 0 aliphatic heterocycles. The molecular weight excluding hydrogens is 344 g/mol. The third-order valence-corrected chi connectivity index (χ3v) is 3.37. The zero-order chi connectivity index (χ0) is 14.9. The van der Waals surface area contributed by atoms with Crippen molar-refractivity contribution in [3.63, 3.8) is 0 Å². The van der Waals surface area contributed by atoms with Gasteiger partial charge in [0, 0.05) is 24.1 Å². The van der Waals surface area contributed by atoms with E-state index in [1.807, 2.05) is 0 Å². The van der Waals surface area contributed by atoms with E-state index in [4.69, 9.17) is 12.2 Å². The number of aromatic nitrogens is 3. The lowest BCUT2D eigenvalue weighted by Gasteiger charge is -2.12. The number of nitrogens with one attached hydrogen (secondary N) is 1. The number of aromatic amines is 1. The van der Waals surface area contributed by atoms with Gasteiger partial charge in [-0.2, -0.15) is 9.67 Å². The Morgan fingerprint density at radius 3 is 2.50 bits per heavy atom. The summed E-state index contributed by atoms with van der Waals surface area (Å²) in [5, 5.41) is 6.46. The van der Waals surface area contributed by atoms with Crippen molar-refractivity contribution < 1.29 is 4.79 Å². The van der Waals surface area contributed by atoms with E-state index in [0.717, 1.165) is 9.04 Å². The molecule has 0 saturated carbocycles. The number of hydrogen-bond acceptors (Lipinski definition) is 4. The highest BCUT2D eigenvalue weighted by atomic mass is 79.9. The second-order valence-corrected chi connectivity index (χ2v) is 5.50. The lowest BCUT2D eigenvalue weighted by molar-refractivity contribution is 0.217. The van der Waals surface area contributed by atoms with Crippen LogP contribution in [0.1, 0.15) is 0 Å². The minimum absolute atomic E-state index is 0.0328. The van der Waals surface area contributed by atoms with Crippen molar-refractivity contribution in [2.45, 2.75) is 0 Å². The number of nitrogens with zero attached hydrogens (tertiary/aromatic N) is 3. The zero-order valence-corrected chi connectivity index (χ0v) is 13.2. The van der Waals surface area contributed by atoms with Gasteiger partial charge in [0.1, 0.15) is 0 Å². The van der Waals surface area contributed by atoms with Gasteiger partial charge in [-0.3, -0.25) is 9.89 Å². The maximum atomic E-state index is 12.4. The maximum Gasteiger partial charge on any atom is 0.333 e. The summed E-state index contributed by atoms with van der Waals surface area (Å²) in [6.45, 7) is 0. The molecule has 1 aromatic carbocycles. The third kappa shape index (κ3) is 2.70. The Kier molecular flexibility index (Phi) is 4.15. The highest BCUT2D eigenvalue weighted by Gasteiger charge is 2.16. The van der Waals surface area contributed by atoms with Crippen molar-refractivity contribution in [3.05, 3.63) is 43.9 Å². The molecule has 1 N–H and O–H groups in total. The monoisotopic (exact) mass is 354 g/mol. The van der Waals surface area contributed by atoms with E-state index >= 15 is 0 Å². The van der Waals surface area contributed by atoms with E-state index < -0.39 is 11.6 Å². The molecule has 0 spiro atoms. The molecule has 8 heteroatoms. The molecule has 6 nitrogen and oxygen atoms in total. The quantitative estimate of drug-likeness (QED) is 0.797. The Hall–Kier alpha value is -1.80. The number of H-pyrrole nitrogens is 1. The van der Waals surface area contributed by atoms with Crippen molar-refractivity contribution in [2.24, 2.45) is 0 Å². The highest BCUT2D eigenvalue weighted by Crippen LogP contribution is 2.16. The molecule has 1 amide bonds. The predicted molar refractivity (Wildman–Crippen MR) is 81.3 cm³/mol. The second kappa shape index (κ2) is 5.68. The minimum Gasteiger partial charge on any atom is -0.330 e. The van der Waals surface area contributed by atoms with Crippen molar-refractivity contribution in [1.82, 2.24) is 19.7 Å². The van der Waals surface area contributed by atoms with E-state index in [1.54, 1.807) is 38.4 Å². The summed E-state index contributed by atoms with van der Waals surface area (Å²) in [6, 6.07) is 6.52. The molecule has 2 rings (SSSR count). The van der Waals surface area contributed by atoms with Crippen LogP contribution in [0.2, 0.25) is 0 Å². The van der Waals surface area contributed by atoms with E-state index in [-0.39, 0.29) is 10.5 Å². The van der Waals surface area contributed by atoms with Gasteiger partial charge in [-0.05, 0) is 24.4 Å². The number of halogens is 1. The van der Waals surface area contributed by atoms with Gasteiger partial charge in [0.05, 0.1) is 0 Å². The summed E-state index contributed by atoms with van der Waals surface area (Å²) in [7, 11) is 3.09. The minimum atomic E-state index is -0.547. The average Bonchev–Trinajstić information content (AvgIpc) is 2.40.